The summed E-state index contributed by atoms with van der Waals surface area (Å²) in [6.45, 7) is 114. The van der Waals surface area contributed by atoms with Gasteiger partial charge in [-0.3, -0.25) is 29.9 Å². The lowest BCUT2D eigenvalue weighted by atomic mass is 9.84. The van der Waals surface area contributed by atoms with Gasteiger partial charge in [-0.05, 0) is 192 Å². The summed E-state index contributed by atoms with van der Waals surface area (Å²) in [5.74, 6) is 0. The number of nitrogens with zero attached hydrogens (tertiary/aromatic N) is 12. The van der Waals surface area contributed by atoms with Crippen LogP contribution in [-0.2, 0) is 48.7 Å². The minimum Gasteiger partial charge on any atom is -0.264 e. The van der Waals surface area contributed by atoms with Crippen molar-refractivity contribution in [3.05, 3.63) is 249 Å². The Hall–Kier alpha value is -7.86. The number of benzene rings is 1. The molecule has 0 bridgehead atoms. The van der Waals surface area contributed by atoms with Crippen molar-refractivity contribution in [1.29, 1.82) is 0 Å². The Labute approximate surface area is 727 Å². The average Bonchev–Trinajstić information content (AvgIpc) is 0.928. The van der Waals surface area contributed by atoms with E-state index in [-0.39, 0.29) is 48.7 Å². The molecule has 0 spiro atoms. The molecule has 8 heterocycles. The molecule has 0 aliphatic carbocycles. The molecule has 117 heavy (non-hydrogen) atoms. The lowest BCUT2D eigenvalue weighted by Gasteiger charge is -2.21. The standard InChI is InChI=1S/C11H16.4C10H15N.4C9H14N2.9C2H6/c1-9-7-5-6-8-10(9)11(2,3)4;1-8-7-11-6-5-9(8)10(2,3)4;1-8-5-6-11-7-9(8)10(2,3)4;1-8-9(10(2,3)4)6-5-7-11-8;1-8-6-5-7-11-9(8)10(2,3)4;2*1-7-8(9(2,3)4)5-10-6-11-7;1-7-8(9(2,3)4)11-6-5-10-7;1-7-8(9(2,3)4)5-6-10-11-7;9*1-2/h5-8H,1-4H3;4*5-7H,1-4H3;4*5-6H,1-4H3;9*1-2H3. The molecule has 12 heteroatoms. The third kappa shape index (κ3) is 57.8. The third-order valence-corrected chi connectivity index (χ3v) is 15.9. The second kappa shape index (κ2) is 67.0. The quantitative estimate of drug-likeness (QED) is 0.142. The molecule has 0 atom stereocenters. The topological polar surface area (TPSA) is 155 Å². The molecule has 0 aliphatic heterocycles. The fraction of sp³-hybridized carbons (Fsp3) is 0.600. The Kier molecular flexibility index (Phi) is 72.9. The SMILES string of the molecule is CC.CC.CC.CC.CC.CC.CC.CC.CC.Cc1ccccc1C(C)(C)C.Cc1cccnc1C(C)(C)C.Cc1ccncc1C(C)(C)C.Cc1cnccc1C(C)(C)C.Cc1ncccc1C(C)(C)C.Cc1nccnc1C(C)(C)C.Cc1ncncc1C(C)(C)C.Cc1ncncc1C(C)(C)C.Cc1nnccc1C(C)(C)C. The van der Waals surface area contributed by atoms with Gasteiger partial charge in [-0.1, -0.05) is 348 Å². The van der Waals surface area contributed by atoms with E-state index in [1.54, 1.807) is 31.2 Å². The van der Waals surface area contributed by atoms with E-state index >= 15 is 0 Å². The van der Waals surface area contributed by atoms with Crippen molar-refractivity contribution in [2.24, 2.45) is 0 Å². The predicted molar refractivity (Wildman–Crippen MR) is 525 cm³/mol. The van der Waals surface area contributed by atoms with Crippen LogP contribution < -0.4 is 0 Å². The molecule has 0 saturated carbocycles. The highest BCUT2D eigenvalue weighted by Crippen LogP contribution is 2.30. The zero-order chi connectivity index (χ0) is 94.3. The summed E-state index contributed by atoms with van der Waals surface area (Å²) in [5, 5.41) is 7.80. The molecular weight excluding hydrogens is 1430 g/mol. The van der Waals surface area contributed by atoms with E-state index in [1.807, 2.05) is 220 Å². The Balaban J connectivity index is -0.000000156. The van der Waals surface area contributed by atoms with E-state index in [2.05, 4.69) is 330 Å². The van der Waals surface area contributed by atoms with Gasteiger partial charge in [-0.25, -0.2) is 19.9 Å². The van der Waals surface area contributed by atoms with Crippen LogP contribution in [0.15, 0.2) is 148 Å². The second-order valence-electron chi connectivity index (χ2n) is 34.8. The van der Waals surface area contributed by atoms with Crippen LogP contribution in [0.25, 0.3) is 0 Å². The highest BCUT2D eigenvalue weighted by atomic mass is 15.1. The van der Waals surface area contributed by atoms with Gasteiger partial charge in [-0.2, -0.15) is 10.2 Å². The van der Waals surface area contributed by atoms with Crippen molar-refractivity contribution in [1.82, 2.24) is 60.0 Å². The molecule has 9 rings (SSSR count). The zero-order valence-electron chi connectivity index (χ0n) is 86.7. The van der Waals surface area contributed by atoms with Crippen molar-refractivity contribution >= 4 is 0 Å². The number of rotatable bonds is 0. The number of hydrogen-bond donors (Lipinski definition) is 0. The van der Waals surface area contributed by atoms with Crippen molar-refractivity contribution in [3.63, 3.8) is 0 Å². The van der Waals surface area contributed by atoms with Crippen molar-refractivity contribution in [2.75, 3.05) is 0 Å². The van der Waals surface area contributed by atoms with E-state index < -0.39 is 0 Å². The fourth-order valence-electron chi connectivity index (χ4n) is 11.1. The van der Waals surface area contributed by atoms with Gasteiger partial charge in [0.15, 0.2) is 0 Å². The Morgan fingerprint density at radius 1 is 0.188 bits per heavy atom. The minimum atomic E-state index is 0.109. The maximum atomic E-state index is 4.35. The normalized spacial score (nSPS) is 10.3. The summed E-state index contributed by atoms with van der Waals surface area (Å²) in [6.07, 6.45) is 23.4. The van der Waals surface area contributed by atoms with Gasteiger partial charge < -0.3 is 0 Å². The first-order valence-electron chi connectivity index (χ1n) is 44.0. The van der Waals surface area contributed by atoms with Crippen LogP contribution >= 0.6 is 0 Å². The maximum absolute atomic E-state index is 4.35. The molecule has 1 aromatic carbocycles. The van der Waals surface area contributed by atoms with E-state index in [0.29, 0.717) is 0 Å². The van der Waals surface area contributed by atoms with E-state index in [0.717, 1.165) is 34.2 Å². The number of aromatic nitrogens is 12. The summed E-state index contributed by atoms with van der Waals surface area (Å²) in [4.78, 5) is 41.5. The van der Waals surface area contributed by atoms with E-state index in [1.165, 1.54) is 66.9 Å². The maximum Gasteiger partial charge on any atom is 0.115 e. The van der Waals surface area contributed by atoms with Crippen LogP contribution in [0.4, 0.5) is 0 Å². The molecule has 0 unspecified atom stereocenters. The number of pyridine rings is 4. The molecule has 0 radical (unpaired) electrons. The monoisotopic (exact) mass is 1620 g/mol. The van der Waals surface area contributed by atoms with Crippen molar-refractivity contribution in [3.8, 4) is 0 Å². The highest BCUT2D eigenvalue weighted by Gasteiger charge is 2.22. The lowest BCUT2D eigenvalue weighted by Crippen LogP contribution is -2.15. The highest BCUT2D eigenvalue weighted by molar-refractivity contribution is 5.33. The first-order chi connectivity index (χ1) is 54.1. The van der Waals surface area contributed by atoms with Crippen molar-refractivity contribution < 1.29 is 0 Å². The minimum absolute atomic E-state index is 0.109. The smallest absolute Gasteiger partial charge is 0.115 e. The van der Waals surface area contributed by atoms with E-state index in [4.69, 9.17) is 0 Å². The van der Waals surface area contributed by atoms with Crippen LogP contribution in [0.1, 0.15) is 413 Å². The number of hydrogen-bond acceptors (Lipinski definition) is 12. The Morgan fingerprint density at radius 3 is 0.752 bits per heavy atom. The van der Waals surface area contributed by atoms with Crippen LogP contribution in [0.3, 0.4) is 0 Å². The third-order valence-electron chi connectivity index (χ3n) is 15.9. The van der Waals surface area contributed by atoms with Gasteiger partial charge in [0.2, 0.25) is 0 Å². The summed E-state index contributed by atoms with van der Waals surface area (Å²) < 4.78 is 0. The number of aryl methyl sites for hydroxylation is 9. The zero-order valence-corrected chi connectivity index (χ0v) is 86.7. The summed E-state index contributed by atoms with van der Waals surface area (Å²) in [7, 11) is 0. The lowest BCUT2D eigenvalue weighted by molar-refractivity contribution is 0.559. The van der Waals surface area contributed by atoms with Crippen LogP contribution in [-0.4, -0.2) is 60.0 Å². The van der Waals surface area contributed by atoms with Gasteiger partial charge in [0.25, 0.3) is 0 Å². The van der Waals surface area contributed by atoms with Crippen LogP contribution in [0.5, 0.6) is 0 Å². The largest absolute Gasteiger partial charge is 0.264 e. The van der Waals surface area contributed by atoms with Crippen LogP contribution in [0.2, 0.25) is 0 Å². The fourth-order valence-corrected chi connectivity index (χ4v) is 11.1. The molecule has 8 aromatic heterocycles. The van der Waals surface area contributed by atoms with Gasteiger partial charge >= 0.3 is 0 Å². The molecule has 0 saturated heterocycles. The first kappa shape index (κ1) is 127. The van der Waals surface area contributed by atoms with Gasteiger partial charge in [-0.15, -0.1) is 0 Å². The molecule has 0 N–H and O–H groups in total. The van der Waals surface area contributed by atoms with E-state index in [9.17, 15) is 0 Å². The molecule has 12 nitrogen and oxygen atoms in total. The Morgan fingerprint density at radius 2 is 0.479 bits per heavy atom. The summed E-state index contributed by atoms with van der Waals surface area (Å²) in [5.41, 5.74) is 23.8. The average molecular weight is 1620 g/mol. The van der Waals surface area contributed by atoms with Crippen molar-refractivity contribution in [2.45, 2.75) is 423 Å². The van der Waals surface area contributed by atoms with Gasteiger partial charge in [0.05, 0.1) is 17.1 Å². The molecule has 0 amide bonds. The first-order valence-corrected chi connectivity index (χ1v) is 44.0. The predicted octanol–water partition coefficient (Wildman–Crippen LogP) is 31.6. The summed E-state index contributed by atoms with van der Waals surface area (Å²) in [6, 6.07) is 23.0. The van der Waals surface area contributed by atoms with Crippen LogP contribution in [0, 0.1) is 62.3 Å². The Bertz CT molecular complexity index is 3010. The molecule has 9 aromatic rings. The molecule has 666 valence electrons. The second-order valence-corrected chi connectivity index (χ2v) is 34.8. The van der Waals surface area contributed by atoms with Gasteiger partial charge in [0.1, 0.15) is 12.7 Å². The molecule has 0 aliphatic rings. The summed E-state index contributed by atoms with van der Waals surface area (Å²) >= 11 is 0. The molecular formula is C105H186N12. The molecule has 0 fully saturated rings. The van der Waals surface area contributed by atoms with Gasteiger partial charge in [0, 0.05) is 102 Å².